The molecule has 0 aliphatic carbocycles. The number of methoxy groups -OCH3 is 1. The quantitative estimate of drug-likeness (QED) is 0.780. The molecule has 4 rings (SSSR count). The number of benzene rings is 1. The van der Waals surface area contributed by atoms with Gasteiger partial charge in [0, 0.05) is 24.3 Å². The van der Waals surface area contributed by atoms with Gasteiger partial charge in [0.05, 0.1) is 26.2 Å². The zero-order valence-electron chi connectivity index (χ0n) is 16.6. The Bertz CT molecular complexity index is 1050. The van der Waals surface area contributed by atoms with E-state index < -0.39 is 12.0 Å². The molecule has 156 valence electrons. The molecule has 1 atom stereocenters. The lowest BCUT2D eigenvalue weighted by Crippen LogP contribution is -2.42. The summed E-state index contributed by atoms with van der Waals surface area (Å²) in [5, 5.41) is 16.7. The van der Waals surface area contributed by atoms with Crippen molar-refractivity contribution < 1.29 is 23.7 Å². The van der Waals surface area contributed by atoms with Gasteiger partial charge in [-0.05, 0) is 24.6 Å². The van der Waals surface area contributed by atoms with Crippen molar-refractivity contribution >= 4 is 6.09 Å². The number of morpholine rings is 1. The Morgan fingerprint density at radius 2 is 2.13 bits per heavy atom. The number of nitrogens with zero attached hydrogens (tertiary/aromatic N) is 3. The van der Waals surface area contributed by atoms with E-state index in [1.165, 1.54) is 7.11 Å². The van der Waals surface area contributed by atoms with Crippen LogP contribution in [0.3, 0.4) is 0 Å². The van der Waals surface area contributed by atoms with Crippen LogP contribution in [0.15, 0.2) is 29.7 Å². The Hall–Kier alpha value is -3.71. The molecular weight excluding hydrogens is 390 g/mol. The van der Waals surface area contributed by atoms with Gasteiger partial charge in [0.15, 0.2) is 11.5 Å². The molecule has 2 aromatic rings. The van der Waals surface area contributed by atoms with Crippen LogP contribution in [0.1, 0.15) is 22.7 Å². The molecule has 1 aromatic carbocycles. The first kappa shape index (κ1) is 19.6. The Kier molecular flexibility index (Phi) is 5.20. The molecule has 0 spiro atoms. The van der Waals surface area contributed by atoms with Gasteiger partial charge in [-0.15, -0.1) is 5.10 Å². The standard InChI is InChI=1S/C20H21N5O5/c1-11-16-17(13(10-21)18(22)30-19(16)24-23-11)12-3-4-14(15(9-12)27-2)29-20(26)25-5-7-28-8-6-25/h3-4,9,17H,5-8,22H2,1-2H3,(H,23,24)/t17-/m0/s1. The minimum Gasteiger partial charge on any atom is -0.493 e. The van der Waals surface area contributed by atoms with Crippen molar-refractivity contribution in [2.24, 2.45) is 5.73 Å². The predicted molar refractivity (Wildman–Crippen MR) is 104 cm³/mol. The minimum atomic E-state index is -0.490. The highest BCUT2D eigenvalue weighted by atomic mass is 16.6. The van der Waals surface area contributed by atoms with Crippen LogP contribution in [0.4, 0.5) is 4.79 Å². The molecule has 2 aliphatic heterocycles. The van der Waals surface area contributed by atoms with E-state index in [4.69, 9.17) is 24.7 Å². The second-order valence-corrected chi connectivity index (χ2v) is 6.87. The number of nitrogens with two attached hydrogens (primary N) is 1. The van der Waals surface area contributed by atoms with Crippen LogP contribution in [-0.2, 0) is 4.74 Å². The maximum atomic E-state index is 12.4. The number of hydrogen-bond acceptors (Lipinski definition) is 8. The molecule has 1 amide bonds. The maximum absolute atomic E-state index is 12.4. The number of hydrogen-bond donors (Lipinski definition) is 2. The molecule has 2 aliphatic rings. The van der Waals surface area contributed by atoms with Crippen molar-refractivity contribution in [2.45, 2.75) is 12.8 Å². The van der Waals surface area contributed by atoms with E-state index in [1.54, 1.807) is 23.1 Å². The van der Waals surface area contributed by atoms with Crippen molar-refractivity contribution in [1.82, 2.24) is 15.1 Å². The van der Waals surface area contributed by atoms with E-state index in [2.05, 4.69) is 16.3 Å². The second kappa shape index (κ2) is 7.96. The fraction of sp³-hybridized carbons (Fsp3) is 0.350. The van der Waals surface area contributed by atoms with Crippen LogP contribution in [-0.4, -0.2) is 54.6 Å². The minimum absolute atomic E-state index is 0.00304. The van der Waals surface area contributed by atoms with Gasteiger partial charge in [-0.1, -0.05) is 6.07 Å². The van der Waals surface area contributed by atoms with Crippen molar-refractivity contribution in [1.29, 1.82) is 5.26 Å². The summed E-state index contributed by atoms with van der Waals surface area (Å²) >= 11 is 0. The van der Waals surface area contributed by atoms with Crippen LogP contribution in [0, 0.1) is 18.3 Å². The van der Waals surface area contributed by atoms with Gasteiger partial charge in [-0.25, -0.2) is 4.79 Å². The van der Waals surface area contributed by atoms with Crippen LogP contribution in [0.25, 0.3) is 0 Å². The van der Waals surface area contributed by atoms with Crippen LogP contribution < -0.4 is 19.9 Å². The summed E-state index contributed by atoms with van der Waals surface area (Å²) in [6, 6.07) is 7.26. The average molecular weight is 411 g/mol. The smallest absolute Gasteiger partial charge is 0.415 e. The van der Waals surface area contributed by atoms with E-state index in [-0.39, 0.29) is 17.2 Å². The number of nitrogens with one attached hydrogen (secondary N) is 1. The first-order chi connectivity index (χ1) is 14.5. The molecule has 30 heavy (non-hydrogen) atoms. The Morgan fingerprint density at radius 1 is 1.37 bits per heavy atom. The number of rotatable bonds is 3. The van der Waals surface area contributed by atoms with Gasteiger partial charge in [0.2, 0.25) is 11.8 Å². The molecule has 1 aromatic heterocycles. The van der Waals surface area contributed by atoms with Gasteiger partial charge in [0.25, 0.3) is 0 Å². The summed E-state index contributed by atoms with van der Waals surface area (Å²) in [4.78, 5) is 14.0. The molecule has 3 heterocycles. The molecule has 10 nitrogen and oxygen atoms in total. The highest BCUT2D eigenvalue weighted by Gasteiger charge is 2.34. The van der Waals surface area contributed by atoms with E-state index in [1.807, 2.05) is 6.92 Å². The normalized spacial score (nSPS) is 18.3. The molecule has 0 radical (unpaired) electrons. The number of aryl methyl sites for hydroxylation is 1. The Labute approximate surface area is 172 Å². The summed E-state index contributed by atoms with van der Waals surface area (Å²) < 4.78 is 21.7. The van der Waals surface area contributed by atoms with Crippen molar-refractivity contribution in [3.05, 3.63) is 46.5 Å². The van der Waals surface area contributed by atoms with Gasteiger partial charge in [-0.3, -0.25) is 5.10 Å². The van der Waals surface area contributed by atoms with E-state index in [0.717, 1.165) is 16.8 Å². The van der Waals surface area contributed by atoms with Gasteiger partial charge < -0.3 is 29.6 Å². The van der Waals surface area contributed by atoms with Crippen molar-refractivity contribution in [2.75, 3.05) is 33.4 Å². The van der Waals surface area contributed by atoms with Crippen molar-refractivity contribution in [3.63, 3.8) is 0 Å². The summed E-state index contributed by atoms with van der Waals surface area (Å²) in [5.41, 5.74) is 8.44. The molecule has 10 heteroatoms. The summed E-state index contributed by atoms with van der Waals surface area (Å²) in [6.45, 7) is 3.74. The number of nitriles is 1. The molecule has 0 unspecified atom stereocenters. The van der Waals surface area contributed by atoms with E-state index in [9.17, 15) is 10.1 Å². The van der Waals surface area contributed by atoms with Crippen LogP contribution in [0.2, 0.25) is 0 Å². The number of amides is 1. The van der Waals surface area contributed by atoms with Gasteiger partial charge in [0.1, 0.15) is 11.6 Å². The highest BCUT2D eigenvalue weighted by molar-refractivity contribution is 5.72. The second-order valence-electron chi connectivity index (χ2n) is 6.87. The third-order valence-corrected chi connectivity index (χ3v) is 5.12. The monoisotopic (exact) mass is 411 g/mol. The number of aromatic amines is 1. The number of carbonyl (C=O) groups is 1. The number of fused-ring (bicyclic) bond motifs is 1. The zero-order valence-corrected chi connectivity index (χ0v) is 16.6. The third kappa shape index (κ3) is 3.40. The Balaban J connectivity index is 1.68. The number of allylic oxidation sites excluding steroid dienone is 1. The topological polar surface area (TPSA) is 136 Å². The molecule has 0 saturated carbocycles. The highest BCUT2D eigenvalue weighted by Crippen LogP contribution is 2.44. The number of H-pyrrole nitrogens is 1. The number of ether oxygens (including phenoxy) is 4. The molecule has 1 saturated heterocycles. The van der Waals surface area contributed by atoms with Crippen LogP contribution >= 0.6 is 0 Å². The Morgan fingerprint density at radius 3 is 2.83 bits per heavy atom. The van der Waals surface area contributed by atoms with E-state index >= 15 is 0 Å². The summed E-state index contributed by atoms with van der Waals surface area (Å²) in [7, 11) is 1.49. The van der Waals surface area contributed by atoms with Gasteiger partial charge >= 0.3 is 6.09 Å². The lowest BCUT2D eigenvalue weighted by Gasteiger charge is -2.26. The first-order valence-corrected chi connectivity index (χ1v) is 9.38. The largest absolute Gasteiger partial charge is 0.493 e. The zero-order chi connectivity index (χ0) is 21.3. The van der Waals surface area contributed by atoms with Gasteiger partial charge in [-0.2, -0.15) is 5.26 Å². The number of carbonyl (C=O) groups excluding carboxylic acids is 1. The number of aromatic nitrogens is 2. The average Bonchev–Trinajstić information content (AvgIpc) is 3.13. The molecule has 0 bridgehead atoms. The maximum Gasteiger partial charge on any atom is 0.415 e. The third-order valence-electron chi connectivity index (χ3n) is 5.12. The fourth-order valence-corrected chi connectivity index (χ4v) is 3.58. The molecule has 1 fully saturated rings. The molecule has 3 N–H and O–H groups in total. The predicted octanol–water partition coefficient (Wildman–Crippen LogP) is 1.78. The SMILES string of the molecule is COc1cc([C@H]2C(C#N)=C(N)Oc3n[nH]c(C)c32)ccc1OC(=O)N1CCOCC1. The lowest BCUT2D eigenvalue weighted by atomic mass is 9.84. The summed E-state index contributed by atoms with van der Waals surface area (Å²) in [6.07, 6.45) is -0.467. The lowest BCUT2D eigenvalue weighted by molar-refractivity contribution is 0.0413. The van der Waals surface area contributed by atoms with Crippen molar-refractivity contribution in [3.8, 4) is 23.4 Å². The van der Waals surface area contributed by atoms with E-state index in [0.29, 0.717) is 37.9 Å². The fourth-order valence-electron chi connectivity index (χ4n) is 3.58. The summed E-state index contributed by atoms with van der Waals surface area (Å²) in [5.74, 6) is 0.484. The first-order valence-electron chi connectivity index (χ1n) is 9.38. The molecular formula is C20H21N5O5. The van der Waals surface area contributed by atoms with Crippen LogP contribution in [0.5, 0.6) is 17.4 Å².